The Hall–Kier alpha value is -0.340. The lowest BCUT2D eigenvalue weighted by atomic mass is 10.1. The van der Waals surface area contributed by atoms with E-state index in [4.69, 9.17) is 10.5 Å². The maximum atomic E-state index is 5.66. The van der Waals surface area contributed by atoms with Gasteiger partial charge in [0.1, 0.15) is 0 Å². The van der Waals surface area contributed by atoms with Gasteiger partial charge in [0, 0.05) is 0 Å². The Bertz CT molecular complexity index is 145. The third-order valence-electron chi connectivity index (χ3n) is 2.22. The average Bonchev–Trinajstić information content (AvgIpc) is 2.45. The van der Waals surface area contributed by atoms with E-state index >= 15 is 0 Å². The van der Waals surface area contributed by atoms with Gasteiger partial charge >= 0.3 is 0 Å². The van der Waals surface area contributed by atoms with Crippen LogP contribution in [0.15, 0.2) is 12.2 Å². The van der Waals surface area contributed by atoms with Crippen molar-refractivity contribution >= 4 is 0 Å². The molecule has 2 N–H and O–H groups in total. The molecule has 0 spiro atoms. The summed E-state index contributed by atoms with van der Waals surface area (Å²) in [6, 6.07) is 0. The predicted molar refractivity (Wildman–Crippen MR) is 51.0 cm³/mol. The van der Waals surface area contributed by atoms with E-state index in [1.807, 2.05) is 0 Å². The molecule has 70 valence electrons. The smallest absolute Gasteiger partial charge is 0.0614 e. The van der Waals surface area contributed by atoms with Crippen LogP contribution in [0.3, 0.4) is 0 Å². The van der Waals surface area contributed by atoms with E-state index in [0.717, 1.165) is 19.4 Å². The SMILES string of the molecule is CC1CCC(C/C=C/CCN)O1. The second kappa shape index (κ2) is 5.33. The third kappa shape index (κ3) is 3.37. The second-order valence-electron chi connectivity index (χ2n) is 3.43. The molecule has 2 nitrogen and oxygen atoms in total. The minimum absolute atomic E-state index is 0.467. The molecule has 0 aliphatic carbocycles. The monoisotopic (exact) mass is 169 g/mol. The summed E-state index contributed by atoms with van der Waals surface area (Å²) in [4.78, 5) is 0. The van der Waals surface area contributed by atoms with Crippen molar-refractivity contribution in [3.05, 3.63) is 12.2 Å². The molecule has 0 aromatic carbocycles. The number of ether oxygens (including phenoxy) is 1. The fourth-order valence-corrected chi connectivity index (χ4v) is 1.52. The van der Waals surface area contributed by atoms with Crippen molar-refractivity contribution in [2.24, 2.45) is 5.73 Å². The first kappa shape index (κ1) is 9.75. The first-order valence-corrected chi connectivity index (χ1v) is 4.83. The van der Waals surface area contributed by atoms with Crippen molar-refractivity contribution in [3.63, 3.8) is 0 Å². The van der Waals surface area contributed by atoms with Gasteiger partial charge < -0.3 is 10.5 Å². The Kier molecular flexibility index (Phi) is 4.33. The summed E-state index contributed by atoms with van der Waals surface area (Å²) in [5.74, 6) is 0. The zero-order valence-electron chi connectivity index (χ0n) is 7.83. The van der Waals surface area contributed by atoms with E-state index in [2.05, 4.69) is 19.1 Å². The second-order valence-corrected chi connectivity index (χ2v) is 3.43. The summed E-state index contributed by atoms with van der Waals surface area (Å²) in [6.45, 7) is 2.89. The Balaban J connectivity index is 2.07. The number of hydrogen-bond donors (Lipinski definition) is 1. The van der Waals surface area contributed by atoms with Crippen LogP contribution in [0.4, 0.5) is 0 Å². The minimum Gasteiger partial charge on any atom is -0.375 e. The van der Waals surface area contributed by atoms with Gasteiger partial charge in [-0.2, -0.15) is 0 Å². The summed E-state index contributed by atoms with van der Waals surface area (Å²) in [5, 5.41) is 0. The van der Waals surface area contributed by atoms with Gasteiger partial charge in [0.2, 0.25) is 0 Å². The van der Waals surface area contributed by atoms with Crippen molar-refractivity contribution in [1.82, 2.24) is 0 Å². The van der Waals surface area contributed by atoms with E-state index < -0.39 is 0 Å². The molecule has 0 bridgehead atoms. The molecule has 1 saturated heterocycles. The number of nitrogens with two attached hydrogens (primary N) is 1. The topological polar surface area (TPSA) is 35.2 Å². The standard InChI is InChI=1S/C10H19NO/c1-9-6-7-10(12-9)5-3-2-4-8-11/h2-3,9-10H,4-8,11H2,1H3/b3-2+. The van der Waals surface area contributed by atoms with Crippen LogP contribution >= 0.6 is 0 Å². The molecular formula is C10H19NO. The molecule has 2 unspecified atom stereocenters. The Labute approximate surface area is 74.8 Å². The quantitative estimate of drug-likeness (QED) is 0.652. The van der Waals surface area contributed by atoms with Gasteiger partial charge in [-0.15, -0.1) is 0 Å². The Morgan fingerprint density at radius 2 is 2.25 bits per heavy atom. The van der Waals surface area contributed by atoms with Crippen molar-refractivity contribution in [1.29, 1.82) is 0 Å². The van der Waals surface area contributed by atoms with Gasteiger partial charge in [0.25, 0.3) is 0 Å². The summed E-state index contributed by atoms with van der Waals surface area (Å²) >= 11 is 0. The van der Waals surface area contributed by atoms with Crippen molar-refractivity contribution in [2.45, 2.75) is 44.8 Å². The lowest BCUT2D eigenvalue weighted by molar-refractivity contribution is 0.0579. The van der Waals surface area contributed by atoms with Gasteiger partial charge in [0.15, 0.2) is 0 Å². The van der Waals surface area contributed by atoms with Crippen LogP contribution in [-0.2, 0) is 4.74 Å². The van der Waals surface area contributed by atoms with Crippen LogP contribution in [0.1, 0.15) is 32.6 Å². The molecule has 2 atom stereocenters. The summed E-state index contributed by atoms with van der Waals surface area (Å²) in [7, 11) is 0. The van der Waals surface area contributed by atoms with Crippen LogP contribution in [0.5, 0.6) is 0 Å². The molecule has 1 heterocycles. The molecule has 1 aliphatic rings. The lowest BCUT2D eigenvalue weighted by Gasteiger charge is -2.07. The molecule has 2 heteroatoms. The molecule has 1 fully saturated rings. The Morgan fingerprint density at radius 1 is 1.42 bits per heavy atom. The predicted octanol–water partition coefficient (Wildman–Crippen LogP) is 1.85. The van der Waals surface area contributed by atoms with Gasteiger partial charge in [-0.1, -0.05) is 12.2 Å². The highest BCUT2D eigenvalue weighted by Crippen LogP contribution is 2.21. The molecule has 1 aliphatic heterocycles. The van der Waals surface area contributed by atoms with Crippen LogP contribution in [-0.4, -0.2) is 18.8 Å². The van der Waals surface area contributed by atoms with Gasteiger partial charge in [0.05, 0.1) is 12.2 Å². The van der Waals surface area contributed by atoms with Gasteiger partial charge in [-0.3, -0.25) is 0 Å². The molecule has 0 aromatic rings. The van der Waals surface area contributed by atoms with Crippen LogP contribution in [0.2, 0.25) is 0 Å². The summed E-state index contributed by atoms with van der Waals surface area (Å²) < 4.78 is 5.66. The van der Waals surface area contributed by atoms with E-state index in [1.165, 1.54) is 12.8 Å². The summed E-state index contributed by atoms with van der Waals surface area (Å²) in [6.07, 6.45) is 9.75. The molecule has 1 rings (SSSR count). The highest BCUT2D eigenvalue weighted by atomic mass is 16.5. The maximum Gasteiger partial charge on any atom is 0.0614 e. The fraction of sp³-hybridized carbons (Fsp3) is 0.800. The highest BCUT2D eigenvalue weighted by molar-refractivity contribution is 4.86. The molecule has 0 amide bonds. The molecule has 0 aromatic heterocycles. The third-order valence-corrected chi connectivity index (χ3v) is 2.22. The van der Waals surface area contributed by atoms with Crippen molar-refractivity contribution in [2.75, 3.05) is 6.54 Å². The van der Waals surface area contributed by atoms with E-state index in [0.29, 0.717) is 12.2 Å². The fourth-order valence-electron chi connectivity index (χ4n) is 1.52. The minimum atomic E-state index is 0.467. The summed E-state index contributed by atoms with van der Waals surface area (Å²) in [5.41, 5.74) is 5.36. The molecule has 0 radical (unpaired) electrons. The highest BCUT2D eigenvalue weighted by Gasteiger charge is 2.19. The van der Waals surface area contributed by atoms with E-state index in [-0.39, 0.29) is 0 Å². The zero-order chi connectivity index (χ0) is 8.81. The first-order valence-electron chi connectivity index (χ1n) is 4.83. The average molecular weight is 169 g/mol. The lowest BCUT2D eigenvalue weighted by Crippen LogP contribution is -2.06. The normalized spacial score (nSPS) is 30.2. The number of hydrogen-bond acceptors (Lipinski definition) is 2. The molecule has 12 heavy (non-hydrogen) atoms. The maximum absolute atomic E-state index is 5.66. The molecule has 0 saturated carbocycles. The van der Waals surface area contributed by atoms with Crippen molar-refractivity contribution in [3.8, 4) is 0 Å². The Morgan fingerprint density at radius 3 is 2.83 bits per heavy atom. The van der Waals surface area contributed by atoms with Crippen LogP contribution < -0.4 is 5.73 Å². The largest absolute Gasteiger partial charge is 0.375 e. The number of rotatable bonds is 4. The van der Waals surface area contributed by atoms with Gasteiger partial charge in [-0.05, 0) is 39.2 Å². The van der Waals surface area contributed by atoms with E-state index in [9.17, 15) is 0 Å². The van der Waals surface area contributed by atoms with Gasteiger partial charge in [-0.25, -0.2) is 0 Å². The first-order chi connectivity index (χ1) is 5.83. The van der Waals surface area contributed by atoms with Crippen LogP contribution in [0.25, 0.3) is 0 Å². The van der Waals surface area contributed by atoms with Crippen LogP contribution in [0, 0.1) is 0 Å². The van der Waals surface area contributed by atoms with Crippen molar-refractivity contribution < 1.29 is 4.74 Å². The zero-order valence-corrected chi connectivity index (χ0v) is 7.83. The molecular weight excluding hydrogens is 150 g/mol. The van der Waals surface area contributed by atoms with E-state index in [1.54, 1.807) is 0 Å².